The zero-order chi connectivity index (χ0) is 23.6. The van der Waals surface area contributed by atoms with E-state index in [1.165, 1.54) is 12.1 Å². The van der Waals surface area contributed by atoms with E-state index in [0.717, 1.165) is 5.56 Å². The molecular weight excluding hydrogens is 446 g/mol. The zero-order valence-electron chi connectivity index (χ0n) is 18.6. The number of sulfonamides is 1. The molecule has 32 heavy (non-hydrogen) atoms. The van der Waals surface area contributed by atoms with E-state index in [0.29, 0.717) is 24.3 Å². The third-order valence-corrected chi connectivity index (χ3v) is 6.68. The molecule has 0 bridgehead atoms. The standard InChI is InChI=1S/C23H31N3O4S2/c1-17(2)14-22(27)25-19-9-7-8-18(15-19)16-24-23(28)21(12-13-31-3)26-32(29,30)20-10-5-4-6-11-20/h4-11,15,17,21,26H,12-14,16H2,1-3H3,(H,24,28)(H,25,27). The Labute approximate surface area is 194 Å². The van der Waals surface area contributed by atoms with Crippen LogP contribution >= 0.6 is 11.8 Å². The first-order chi connectivity index (χ1) is 15.2. The maximum atomic E-state index is 12.8. The van der Waals surface area contributed by atoms with Crippen molar-refractivity contribution < 1.29 is 18.0 Å². The molecule has 0 aliphatic carbocycles. The molecule has 2 amide bonds. The summed E-state index contributed by atoms with van der Waals surface area (Å²) in [4.78, 5) is 24.9. The van der Waals surface area contributed by atoms with E-state index in [1.54, 1.807) is 48.2 Å². The first-order valence-corrected chi connectivity index (χ1v) is 13.3. The lowest BCUT2D eigenvalue weighted by Gasteiger charge is -2.18. The molecular formula is C23H31N3O4S2. The molecule has 2 aromatic carbocycles. The summed E-state index contributed by atoms with van der Waals surface area (Å²) in [7, 11) is -3.82. The summed E-state index contributed by atoms with van der Waals surface area (Å²) in [5, 5.41) is 5.66. The molecule has 3 N–H and O–H groups in total. The Morgan fingerprint density at radius 1 is 1.03 bits per heavy atom. The van der Waals surface area contributed by atoms with Crippen LogP contribution in [-0.2, 0) is 26.2 Å². The van der Waals surface area contributed by atoms with Gasteiger partial charge in [0.15, 0.2) is 0 Å². The van der Waals surface area contributed by atoms with Crippen LogP contribution < -0.4 is 15.4 Å². The lowest BCUT2D eigenvalue weighted by molar-refractivity contribution is -0.123. The van der Waals surface area contributed by atoms with Crippen molar-refractivity contribution >= 4 is 39.3 Å². The predicted octanol–water partition coefficient (Wildman–Crippen LogP) is 3.39. The van der Waals surface area contributed by atoms with Gasteiger partial charge in [-0.05, 0) is 54.2 Å². The van der Waals surface area contributed by atoms with Crippen LogP contribution in [0.1, 0.15) is 32.3 Å². The molecule has 174 valence electrons. The second-order valence-corrected chi connectivity index (χ2v) is 10.5. The molecule has 0 aliphatic heterocycles. The van der Waals surface area contributed by atoms with Crippen molar-refractivity contribution in [2.45, 2.75) is 44.2 Å². The minimum absolute atomic E-state index is 0.0615. The Kier molecular flexibility index (Phi) is 10.2. The van der Waals surface area contributed by atoms with Gasteiger partial charge in [0.1, 0.15) is 6.04 Å². The van der Waals surface area contributed by atoms with Crippen molar-refractivity contribution in [2.75, 3.05) is 17.3 Å². The highest BCUT2D eigenvalue weighted by atomic mass is 32.2. The van der Waals surface area contributed by atoms with E-state index < -0.39 is 22.0 Å². The molecule has 0 fully saturated rings. The number of anilines is 1. The van der Waals surface area contributed by atoms with Crippen LogP contribution in [0, 0.1) is 5.92 Å². The summed E-state index contributed by atoms with van der Waals surface area (Å²) in [6.45, 7) is 4.17. The van der Waals surface area contributed by atoms with Crippen LogP contribution in [0.4, 0.5) is 5.69 Å². The summed E-state index contributed by atoms with van der Waals surface area (Å²) in [6, 6.07) is 14.3. The third kappa shape index (κ3) is 8.64. The number of carbonyl (C=O) groups is 2. The number of benzene rings is 2. The second-order valence-electron chi connectivity index (χ2n) is 7.83. The fourth-order valence-electron chi connectivity index (χ4n) is 2.99. The highest BCUT2D eigenvalue weighted by molar-refractivity contribution is 7.98. The van der Waals surface area contributed by atoms with Crippen LogP contribution in [0.15, 0.2) is 59.5 Å². The first kappa shape index (κ1) is 25.9. The third-order valence-electron chi connectivity index (χ3n) is 4.55. The van der Waals surface area contributed by atoms with Gasteiger partial charge >= 0.3 is 0 Å². The zero-order valence-corrected chi connectivity index (χ0v) is 20.3. The molecule has 0 radical (unpaired) electrons. The van der Waals surface area contributed by atoms with Gasteiger partial charge in [-0.25, -0.2) is 8.42 Å². The molecule has 0 saturated carbocycles. The molecule has 2 rings (SSSR count). The molecule has 0 aliphatic rings. The largest absolute Gasteiger partial charge is 0.351 e. The monoisotopic (exact) mass is 477 g/mol. The minimum Gasteiger partial charge on any atom is -0.351 e. The molecule has 0 heterocycles. The number of hydrogen-bond acceptors (Lipinski definition) is 5. The van der Waals surface area contributed by atoms with Crippen LogP contribution in [0.2, 0.25) is 0 Å². The summed E-state index contributed by atoms with van der Waals surface area (Å²) < 4.78 is 27.9. The van der Waals surface area contributed by atoms with Crippen LogP contribution in [0.25, 0.3) is 0 Å². The highest BCUT2D eigenvalue weighted by Crippen LogP contribution is 2.13. The number of nitrogens with one attached hydrogen (secondary N) is 3. The lowest BCUT2D eigenvalue weighted by Crippen LogP contribution is -2.46. The van der Waals surface area contributed by atoms with Gasteiger partial charge in [-0.1, -0.05) is 44.2 Å². The van der Waals surface area contributed by atoms with Gasteiger partial charge in [0, 0.05) is 18.7 Å². The summed E-state index contributed by atoms with van der Waals surface area (Å²) in [5.41, 5.74) is 1.46. The van der Waals surface area contributed by atoms with Gasteiger partial charge in [0.05, 0.1) is 4.90 Å². The average molecular weight is 478 g/mol. The van der Waals surface area contributed by atoms with Crippen LogP contribution in [-0.4, -0.2) is 38.3 Å². The Hall–Kier alpha value is -2.36. The summed E-state index contributed by atoms with van der Waals surface area (Å²) in [5.74, 6) is 0.434. The van der Waals surface area contributed by atoms with Gasteiger partial charge in [0.25, 0.3) is 0 Å². The van der Waals surface area contributed by atoms with E-state index in [9.17, 15) is 18.0 Å². The number of amides is 2. The van der Waals surface area contributed by atoms with E-state index in [1.807, 2.05) is 26.2 Å². The lowest BCUT2D eigenvalue weighted by atomic mass is 10.1. The van der Waals surface area contributed by atoms with Gasteiger partial charge in [-0.15, -0.1) is 0 Å². The molecule has 9 heteroatoms. The van der Waals surface area contributed by atoms with Crippen molar-refractivity contribution in [2.24, 2.45) is 5.92 Å². The Bertz CT molecular complexity index is 995. The SMILES string of the molecule is CSCCC(NS(=O)(=O)c1ccccc1)C(=O)NCc1cccc(NC(=O)CC(C)C)c1. The summed E-state index contributed by atoms with van der Waals surface area (Å²) in [6.07, 6.45) is 2.70. The van der Waals surface area contributed by atoms with Crippen LogP contribution in [0.3, 0.4) is 0 Å². The predicted molar refractivity (Wildman–Crippen MR) is 130 cm³/mol. The fourth-order valence-corrected chi connectivity index (χ4v) is 4.71. The van der Waals surface area contributed by atoms with Crippen molar-refractivity contribution in [3.8, 4) is 0 Å². The van der Waals surface area contributed by atoms with Crippen molar-refractivity contribution in [3.63, 3.8) is 0 Å². The van der Waals surface area contributed by atoms with E-state index in [-0.39, 0.29) is 23.3 Å². The van der Waals surface area contributed by atoms with E-state index in [2.05, 4.69) is 15.4 Å². The molecule has 2 aromatic rings. The fraction of sp³-hybridized carbons (Fsp3) is 0.391. The number of carbonyl (C=O) groups excluding carboxylic acids is 2. The quantitative estimate of drug-likeness (QED) is 0.435. The number of rotatable bonds is 12. The molecule has 1 unspecified atom stereocenters. The minimum atomic E-state index is -3.82. The van der Waals surface area contributed by atoms with Gasteiger partial charge in [-0.3, -0.25) is 9.59 Å². The smallest absolute Gasteiger partial charge is 0.241 e. The molecule has 0 spiro atoms. The Balaban J connectivity index is 2.03. The normalized spacial score (nSPS) is 12.4. The van der Waals surface area contributed by atoms with Crippen molar-refractivity contribution in [1.29, 1.82) is 0 Å². The summed E-state index contributed by atoms with van der Waals surface area (Å²) >= 11 is 1.54. The Morgan fingerprint density at radius 3 is 2.41 bits per heavy atom. The van der Waals surface area contributed by atoms with Gasteiger partial charge in [-0.2, -0.15) is 16.5 Å². The van der Waals surface area contributed by atoms with E-state index >= 15 is 0 Å². The molecule has 0 aromatic heterocycles. The van der Waals surface area contributed by atoms with Gasteiger partial charge in [0.2, 0.25) is 21.8 Å². The van der Waals surface area contributed by atoms with Gasteiger partial charge < -0.3 is 10.6 Å². The number of thioether (sulfide) groups is 1. The molecule has 1 atom stereocenters. The topological polar surface area (TPSA) is 104 Å². The number of hydrogen-bond donors (Lipinski definition) is 3. The van der Waals surface area contributed by atoms with E-state index in [4.69, 9.17) is 0 Å². The maximum absolute atomic E-state index is 12.8. The maximum Gasteiger partial charge on any atom is 0.241 e. The second kappa shape index (κ2) is 12.6. The molecule has 0 saturated heterocycles. The first-order valence-electron chi connectivity index (χ1n) is 10.4. The van der Waals surface area contributed by atoms with Crippen molar-refractivity contribution in [1.82, 2.24) is 10.0 Å². The molecule has 7 nitrogen and oxygen atoms in total. The Morgan fingerprint density at radius 2 is 1.75 bits per heavy atom. The average Bonchev–Trinajstić information content (AvgIpc) is 2.75. The van der Waals surface area contributed by atoms with Crippen molar-refractivity contribution in [3.05, 3.63) is 60.2 Å². The highest BCUT2D eigenvalue weighted by Gasteiger charge is 2.25. The van der Waals surface area contributed by atoms with Crippen LogP contribution in [0.5, 0.6) is 0 Å².